The van der Waals surface area contributed by atoms with E-state index >= 15 is 0 Å². The van der Waals surface area contributed by atoms with Crippen LogP contribution in [0.5, 0.6) is 5.75 Å². The van der Waals surface area contributed by atoms with Gasteiger partial charge in [-0.1, -0.05) is 0 Å². The molecule has 0 heterocycles. The second-order valence-electron chi connectivity index (χ2n) is 5.33. The molecule has 0 radical (unpaired) electrons. The Labute approximate surface area is 159 Å². The summed E-state index contributed by atoms with van der Waals surface area (Å²) in [6.07, 6.45) is 0. The van der Waals surface area contributed by atoms with Crippen molar-refractivity contribution in [2.45, 2.75) is 0 Å². The molecule has 2 rings (SSSR count). The third-order valence-corrected chi connectivity index (χ3v) is 3.55. The topological polar surface area (TPSA) is 134 Å². The van der Waals surface area contributed by atoms with Gasteiger partial charge in [-0.2, -0.15) is 0 Å². The van der Waals surface area contributed by atoms with Crippen molar-refractivity contribution in [2.75, 3.05) is 26.1 Å². The van der Waals surface area contributed by atoms with Crippen LogP contribution in [0.15, 0.2) is 42.5 Å². The molecular formula is C18H16N2O8. The van der Waals surface area contributed by atoms with Gasteiger partial charge in [0.25, 0.3) is 11.6 Å². The van der Waals surface area contributed by atoms with E-state index in [1.807, 2.05) is 0 Å². The average Bonchev–Trinajstić information content (AvgIpc) is 2.71. The van der Waals surface area contributed by atoms with E-state index in [0.717, 1.165) is 6.07 Å². The minimum Gasteiger partial charge on any atom is -0.494 e. The van der Waals surface area contributed by atoms with Gasteiger partial charge in [0.15, 0.2) is 6.61 Å². The number of nitro benzene ring substituents is 1. The number of rotatable bonds is 7. The van der Waals surface area contributed by atoms with Gasteiger partial charge in [-0.25, -0.2) is 9.59 Å². The van der Waals surface area contributed by atoms with Gasteiger partial charge < -0.3 is 19.5 Å². The van der Waals surface area contributed by atoms with Crippen LogP contribution in [-0.2, 0) is 14.3 Å². The van der Waals surface area contributed by atoms with Gasteiger partial charge in [0.2, 0.25) is 0 Å². The highest BCUT2D eigenvalue weighted by Gasteiger charge is 2.15. The van der Waals surface area contributed by atoms with Crippen molar-refractivity contribution in [1.82, 2.24) is 0 Å². The molecule has 0 saturated heterocycles. The molecule has 0 fully saturated rings. The van der Waals surface area contributed by atoms with Crippen LogP contribution in [0.4, 0.5) is 11.4 Å². The van der Waals surface area contributed by atoms with Gasteiger partial charge in [0.1, 0.15) is 5.75 Å². The molecule has 0 aromatic heterocycles. The number of nitrogens with one attached hydrogen (secondary N) is 1. The first-order chi connectivity index (χ1) is 13.3. The maximum absolute atomic E-state index is 12.0. The summed E-state index contributed by atoms with van der Waals surface area (Å²) in [5.41, 5.74) is 0.406. The summed E-state index contributed by atoms with van der Waals surface area (Å²) in [7, 11) is 2.54. The van der Waals surface area contributed by atoms with Gasteiger partial charge in [-0.05, 0) is 30.3 Å². The van der Waals surface area contributed by atoms with Crippen LogP contribution in [-0.4, -0.2) is 43.6 Å². The monoisotopic (exact) mass is 388 g/mol. The number of methoxy groups -OCH3 is 2. The van der Waals surface area contributed by atoms with Crippen LogP contribution in [0.2, 0.25) is 0 Å². The van der Waals surface area contributed by atoms with Crippen molar-refractivity contribution in [3.8, 4) is 5.75 Å². The van der Waals surface area contributed by atoms with Gasteiger partial charge in [0, 0.05) is 6.07 Å². The second-order valence-corrected chi connectivity index (χ2v) is 5.33. The SMILES string of the molecule is COC(=O)c1ccc(C(=O)OCC(=O)Nc2ccc([N+](=O)[O-])cc2OC)cc1. The maximum atomic E-state index is 12.0. The Hall–Kier alpha value is -3.95. The summed E-state index contributed by atoms with van der Waals surface area (Å²) in [4.78, 5) is 45.5. The molecule has 0 spiro atoms. The quantitative estimate of drug-likeness (QED) is 0.433. The predicted octanol–water partition coefficient (Wildman–Crippen LogP) is 2.19. The molecule has 0 saturated carbocycles. The summed E-state index contributed by atoms with van der Waals surface area (Å²) >= 11 is 0. The average molecular weight is 388 g/mol. The van der Waals surface area contributed by atoms with Gasteiger partial charge in [-0.3, -0.25) is 14.9 Å². The number of amides is 1. The molecule has 0 aliphatic heterocycles. The zero-order valence-corrected chi connectivity index (χ0v) is 15.0. The first-order valence-corrected chi connectivity index (χ1v) is 7.83. The Morgan fingerprint density at radius 2 is 1.61 bits per heavy atom. The summed E-state index contributed by atoms with van der Waals surface area (Å²) < 4.78 is 14.5. The second kappa shape index (κ2) is 9.12. The summed E-state index contributed by atoms with van der Waals surface area (Å²) in [5, 5.41) is 13.2. The number of nitro groups is 1. The number of hydrogen-bond donors (Lipinski definition) is 1. The molecule has 28 heavy (non-hydrogen) atoms. The lowest BCUT2D eigenvalue weighted by molar-refractivity contribution is -0.384. The van der Waals surface area contributed by atoms with E-state index in [9.17, 15) is 24.5 Å². The molecule has 1 amide bonds. The number of nitrogens with zero attached hydrogens (tertiary/aromatic N) is 1. The van der Waals surface area contributed by atoms with E-state index in [4.69, 9.17) is 9.47 Å². The predicted molar refractivity (Wildman–Crippen MR) is 96.3 cm³/mol. The lowest BCUT2D eigenvalue weighted by Gasteiger charge is -2.10. The van der Waals surface area contributed by atoms with Crippen LogP contribution < -0.4 is 10.1 Å². The number of carbonyl (C=O) groups is 3. The van der Waals surface area contributed by atoms with Crippen molar-refractivity contribution < 1.29 is 33.5 Å². The Morgan fingerprint density at radius 3 is 2.14 bits per heavy atom. The summed E-state index contributed by atoms with van der Waals surface area (Å²) in [6, 6.07) is 9.19. The fraction of sp³-hybridized carbons (Fsp3) is 0.167. The van der Waals surface area contributed by atoms with Gasteiger partial charge >= 0.3 is 11.9 Å². The molecule has 0 bridgehead atoms. The Morgan fingerprint density at radius 1 is 1.00 bits per heavy atom. The van der Waals surface area contributed by atoms with Crippen molar-refractivity contribution in [3.05, 3.63) is 63.7 Å². The minimum atomic E-state index is -0.762. The van der Waals surface area contributed by atoms with Crippen molar-refractivity contribution >= 4 is 29.2 Å². The number of non-ortho nitro benzene ring substituents is 1. The van der Waals surface area contributed by atoms with E-state index in [1.165, 1.54) is 50.6 Å². The largest absolute Gasteiger partial charge is 0.494 e. The van der Waals surface area contributed by atoms with Crippen molar-refractivity contribution in [3.63, 3.8) is 0 Å². The van der Waals surface area contributed by atoms with E-state index in [1.54, 1.807) is 0 Å². The van der Waals surface area contributed by atoms with Gasteiger partial charge in [-0.15, -0.1) is 0 Å². The zero-order chi connectivity index (χ0) is 20.7. The van der Waals surface area contributed by atoms with Crippen LogP contribution in [0.25, 0.3) is 0 Å². The third-order valence-electron chi connectivity index (χ3n) is 3.55. The standard InChI is InChI=1S/C18H16N2O8/c1-26-15-9-13(20(24)25)7-8-14(15)19-16(21)10-28-18(23)12-5-3-11(4-6-12)17(22)27-2/h3-9H,10H2,1-2H3,(H,19,21). The maximum Gasteiger partial charge on any atom is 0.338 e. The molecule has 0 unspecified atom stereocenters. The van der Waals surface area contributed by atoms with Gasteiger partial charge in [0.05, 0.1) is 42.0 Å². The fourth-order valence-corrected chi connectivity index (χ4v) is 2.16. The number of ether oxygens (including phenoxy) is 3. The number of benzene rings is 2. The molecule has 10 heteroatoms. The molecule has 2 aromatic carbocycles. The number of hydrogen-bond acceptors (Lipinski definition) is 8. The molecule has 10 nitrogen and oxygen atoms in total. The normalized spacial score (nSPS) is 9.93. The minimum absolute atomic E-state index is 0.0901. The summed E-state index contributed by atoms with van der Waals surface area (Å²) in [6.45, 7) is -0.586. The van der Waals surface area contributed by atoms with Crippen LogP contribution in [0.3, 0.4) is 0 Å². The smallest absolute Gasteiger partial charge is 0.338 e. The van der Waals surface area contributed by atoms with E-state index in [2.05, 4.69) is 10.1 Å². The molecule has 1 N–H and O–H groups in total. The Kier molecular flexibility index (Phi) is 6.63. The third kappa shape index (κ3) is 5.04. The number of carbonyl (C=O) groups excluding carboxylic acids is 3. The zero-order valence-electron chi connectivity index (χ0n) is 15.0. The fourth-order valence-electron chi connectivity index (χ4n) is 2.16. The highest BCUT2D eigenvalue weighted by molar-refractivity contribution is 5.97. The Balaban J connectivity index is 1.96. The molecule has 0 aliphatic rings. The van der Waals surface area contributed by atoms with Crippen LogP contribution in [0.1, 0.15) is 20.7 Å². The number of esters is 2. The van der Waals surface area contributed by atoms with E-state index < -0.39 is 29.4 Å². The van der Waals surface area contributed by atoms with Crippen LogP contribution >= 0.6 is 0 Å². The lowest BCUT2D eigenvalue weighted by atomic mass is 10.1. The molecular weight excluding hydrogens is 372 g/mol. The van der Waals surface area contributed by atoms with E-state index in [0.29, 0.717) is 0 Å². The van der Waals surface area contributed by atoms with E-state index in [-0.39, 0.29) is 28.3 Å². The summed E-state index contributed by atoms with van der Waals surface area (Å²) in [5.74, 6) is -1.88. The highest BCUT2D eigenvalue weighted by atomic mass is 16.6. The van der Waals surface area contributed by atoms with Crippen LogP contribution in [0, 0.1) is 10.1 Å². The molecule has 0 atom stereocenters. The van der Waals surface area contributed by atoms with Crippen molar-refractivity contribution in [2.24, 2.45) is 0 Å². The molecule has 0 aliphatic carbocycles. The Bertz CT molecular complexity index is 908. The molecule has 2 aromatic rings. The molecule has 146 valence electrons. The van der Waals surface area contributed by atoms with Crippen molar-refractivity contribution in [1.29, 1.82) is 0 Å². The lowest BCUT2D eigenvalue weighted by Crippen LogP contribution is -2.21. The number of anilines is 1. The highest BCUT2D eigenvalue weighted by Crippen LogP contribution is 2.28. The first kappa shape index (κ1) is 20.4. The first-order valence-electron chi connectivity index (χ1n) is 7.83.